The van der Waals surface area contributed by atoms with E-state index in [1.807, 2.05) is 0 Å². The van der Waals surface area contributed by atoms with Crippen LogP contribution in [0, 0.1) is 0 Å². The normalized spacial score (nSPS) is 35.5. The van der Waals surface area contributed by atoms with Gasteiger partial charge in [-0.2, -0.15) is 0 Å². The molecule has 8 nitrogen and oxygen atoms in total. The van der Waals surface area contributed by atoms with Crippen LogP contribution in [0.4, 0.5) is 0 Å². The van der Waals surface area contributed by atoms with Crippen LogP contribution in [0.2, 0.25) is 0 Å². The van der Waals surface area contributed by atoms with Gasteiger partial charge in [0.25, 0.3) is 0 Å². The Balaban J connectivity index is 0. The number of rotatable bonds is 3. The van der Waals surface area contributed by atoms with Crippen molar-refractivity contribution < 1.29 is 92.3 Å². The van der Waals surface area contributed by atoms with Crippen LogP contribution in [-0.2, 0) is 19.1 Å². The van der Waals surface area contributed by atoms with Gasteiger partial charge in [-0.1, -0.05) is 0 Å². The van der Waals surface area contributed by atoms with Crippen molar-refractivity contribution in [1.29, 1.82) is 0 Å². The second-order valence-electron chi connectivity index (χ2n) is 3.73. The van der Waals surface area contributed by atoms with Gasteiger partial charge in [-0.05, 0) is 6.92 Å². The molecule has 0 aliphatic carbocycles. The van der Waals surface area contributed by atoms with Crippen LogP contribution in [0.5, 0.6) is 0 Å². The van der Waals surface area contributed by atoms with Gasteiger partial charge in [0.15, 0.2) is 18.2 Å². The molecule has 0 aromatic rings. The summed E-state index contributed by atoms with van der Waals surface area (Å²) < 4.78 is 9.05. The van der Waals surface area contributed by atoms with Crippen molar-refractivity contribution in [3.05, 3.63) is 0 Å². The van der Waals surface area contributed by atoms with E-state index >= 15 is 0 Å². The molecule has 18 heavy (non-hydrogen) atoms. The Labute approximate surface area is 147 Å². The van der Waals surface area contributed by atoms with E-state index in [1.165, 1.54) is 6.92 Å². The number of esters is 1. The minimum Gasteiger partial charge on any atom is -1.00 e. The van der Waals surface area contributed by atoms with E-state index in [-0.39, 0.29) is 52.8 Å². The average molecular weight is 290 g/mol. The molecule has 1 aliphatic rings. The summed E-state index contributed by atoms with van der Waals surface area (Å²) in [6.07, 6.45) is -8.67. The fourth-order valence-corrected chi connectivity index (χ4v) is 1.31. The summed E-state index contributed by atoms with van der Waals surface area (Å²) in [4.78, 5) is 21.9. The van der Waals surface area contributed by atoms with Gasteiger partial charge in [-0.25, -0.2) is 4.79 Å². The molecule has 0 unspecified atom stereocenters. The molecule has 1 rings (SSSR count). The minimum absolute atomic E-state index is 0. The third-order valence-corrected chi connectivity index (χ3v) is 2.24. The topological polar surface area (TPSA) is 134 Å². The van der Waals surface area contributed by atoms with Gasteiger partial charge >= 0.3 is 57.4 Å². The van der Waals surface area contributed by atoms with Gasteiger partial charge in [0, 0.05) is 0 Å². The van der Waals surface area contributed by atoms with Crippen molar-refractivity contribution in [1.82, 2.24) is 0 Å². The molecule has 100 valence electrons. The Kier molecular flexibility index (Phi) is 8.25. The number of Topliss-reactive ketones (excluding diaryl/α,β-unsaturated/α-hetero) is 1. The molecule has 0 saturated carbocycles. The summed E-state index contributed by atoms with van der Waals surface area (Å²) in [6.45, 7) is 0.693. The first-order valence-electron chi connectivity index (χ1n) is 4.88. The Hall–Kier alpha value is 0.576. The molecule has 9 heteroatoms. The van der Waals surface area contributed by atoms with Gasteiger partial charge in [-0.3, -0.25) is 4.79 Å². The molecule has 1 fully saturated rings. The van der Waals surface area contributed by atoms with E-state index in [9.17, 15) is 19.8 Å². The van der Waals surface area contributed by atoms with Crippen molar-refractivity contribution in [3.8, 4) is 0 Å². The van der Waals surface area contributed by atoms with Crippen molar-refractivity contribution in [2.75, 3.05) is 6.61 Å². The second-order valence-corrected chi connectivity index (χ2v) is 3.73. The Morgan fingerprint density at radius 3 is 2.22 bits per heavy atom. The molecule has 1 saturated heterocycles. The van der Waals surface area contributed by atoms with Crippen LogP contribution in [0.15, 0.2) is 0 Å². The summed E-state index contributed by atoms with van der Waals surface area (Å²) in [6, 6.07) is 0. The third kappa shape index (κ3) is 4.60. The number of carbonyl (C=O) groups excluding carboxylic acids is 2. The zero-order valence-corrected chi connectivity index (χ0v) is 13.1. The van der Waals surface area contributed by atoms with Crippen molar-refractivity contribution in [3.63, 3.8) is 0 Å². The fourth-order valence-electron chi connectivity index (χ4n) is 1.31. The molecule has 0 aromatic heterocycles. The number of aliphatic hydroxyl groups excluding tert-OH is 4. The maximum Gasteiger partial charge on any atom is 1.00 e. The van der Waals surface area contributed by atoms with Crippen LogP contribution < -0.4 is 51.4 Å². The van der Waals surface area contributed by atoms with E-state index in [0.717, 1.165) is 0 Å². The summed E-state index contributed by atoms with van der Waals surface area (Å²) in [5.41, 5.74) is 0. The van der Waals surface area contributed by atoms with Crippen molar-refractivity contribution in [2.45, 2.75) is 37.6 Å². The molecular formula is C9H15KO8. The standard InChI is InChI=1S/C9H14O8.K.H/c1-3(10)2-16-9(15)7-5(12)4(11)6(13)8(14)17-7;;/h4-8,11-14H,2H2,1H3;;/q;+1;-1/t4-,5-,6+,7-,8+;;/m0../s1. The quantitative estimate of drug-likeness (QED) is 0.298. The maximum atomic E-state index is 11.3. The van der Waals surface area contributed by atoms with Crippen LogP contribution >= 0.6 is 0 Å². The van der Waals surface area contributed by atoms with Gasteiger partial charge in [0.05, 0.1) is 0 Å². The predicted octanol–water partition coefficient (Wildman–Crippen LogP) is -5.96. The van der Waals surface area contributed by atoms with Crippen LogP contribution in [0.25, 0.3) is 0 Å². The summed E-state index contributed by atoms with van der Waals surface area (Å²) >= 11 is 0. The molecule has 0 spiro atoms. The molecule has 0 bridgehead atoms. The first-order chi connectivity index (χ1) is 7.84. The van der Waals surface area contributed by atoms with E-state index in [1.54, 1.807) is 0 Å². The fraction of sp³-hybridized carbons (Fsp3) is 0.778. The van der Waals surface area contributed by atoms with Gasteiger partial charge in [0.1, 0.15) is 24.9 Å². The first-order valence-corrected chi connectivity index (χ1v) is 4.88. The van der Waals surface area contributed by atoms with E-state index in [0.29, 0.717) is 0 Å². The van der Waals surface area contributed by atoms with Crippen molar-refractivity contribution in [2.24, 2.45) is 0 Å². The molecule has 5 atom stereocenters. The summed E-state index contributed by atoms with van der Waals surface area (Å²) in [5, 5.41) is 37.0. The zero-order chi connectivity index (χ0) is 13.2. The first kappa shape index (κ1) is 18.6. The Morgan fingerprint density at radius 1 is 1.17 bits per heavy atom. The monoisotopic (exact) mass is 290 g/mol. The minimum atomic E-state index is -1.82. The van der Waals surface area contributed by atoms with E-state index in [2.05, 4.69) is 9.47 Å². The van der Waals surface area contributed by atoms with Gasteiger partial charge < -0.3 is 31.3 Å². The zero-order valence-electron chi connectivity index (χ0n) is 11.0. The van der Waals surface area contributed by atoms with E-state index in [4.69, 9.17) is 10.2 Å². The van der Waals surface area contributed by atoms with Gasteiger partial charge in [0.2, 0.25) is 0 Å². The van der Waals surface area contributed by atoms with Crippen LogP contribution in [0.1, 0.15) is 8.35 Å². The number of carbonyl (C=O) groups is 2. The average Bonchev–Trinajstić information content (AvgIpc) is 2.28. The predicted molar refractivity (Wildman–Crippen MR) is 51.7 cm³/mol. The molecular weight excluding hydrogens is 275 g/mol. The molecule has 1 aliphatic heterocycles. The smallest absolute Gasteiger partial charge is 1.00 e. The number of aliphatic hydroxyl groups is 4. The molecule has 4 N–H and O–H groups in total. The molecule has 0 aromatic carbocycles. The Bertz CT molecular complexity index is 315. The van der Waals surface area contributed by atoms with Crippen molar-refractivity contribution >= 4 is 11.8 Å². The SMILES string of the molecule is CC(=O)COC(=O)[C@H]1O[C@@H](O)[C@H](O)[C@@H](O)[C@@H]1O.[H-].[K+]. The summed E-state index contributed by atoms with van der Waals surface area (Å²) in [5.74, 6) is -1.51. The van der Waals surface area contributed by atoms with Crippen LogP contribution in [0.3, 0.4) is 0 Å². The maximum absolute atomic E-state index is 11.3. The number of hydrogen-bond acceptors (Lipinski definition) is 8. The molecule has 0 amide bonds. The van der Waals surface area contributed by atoms with Gasteiger partial charge in [-0.15, -0.1) is 0 Å². The van der Waals surface area contributed by atoms with E-state index < -0.39 is 49.1 Å². The largest absolute Gasteiger partial charge is 1.00 e. The number of hydrogen-bond donors (Lipinski definition) is 4. The second kappa shape index (κ2) is 8.00. The third-order valence-electron chi connectivity index (χ3n) is 2.24. The van der Waals surface area contributed by atoms with Crippen LogP contribution in [-0.4, -0.2) is 69.5 Å². The molecule has 1 heterocycles. The number of ether oxygens (including phenoxy) is 2. The molecule has 0 radical (unpaired) electrons. The number of ketones is 1. The summed E-state index contributed by atoms with van der Waals surface area (Å²) in [7, 11) is 0. The Morgan fingerprint density at radius 2 is 1.72 bits per heavy atom.